The molecule has 1 aliphatic heterocycles. The molecule has 1 saturated carbocycles. The van der Waals surface area contributed by atoms with Gasteiger partial charge in [0.1, 0.15) is 12.0 Å². The number of aromatic hydroxyl groups is 1. The van der Waals surface area contributed by atoms with E-state index in [1.165, 1.54) is 18.9 Å². The van der Waals surface area contributed by atoms with Gasteiger partial charge in [0.15, 0.2) is 11.5 Å². The molecule has 3 N–H and O–H groups in total. The van der Waals surface area contributed by atoms with Gasteiger partial charge in [-0.3, -0.25) is 9.69 Å². The smallest absolute Gasteiger partial charge is 0.255 e. The molecular formula is C28H35N3O5. The van der Waals surface area contributed by atoms with Gasteiger partial charge in [0.25, 0.3) is 5.91 Å². The van der Waals surface area contributed by atoms with Gasteiger partial charge in [-0.2, -0.15) is 5.26 Å². The molecule has 2 aromatic carbocycles. The Balaban J connectivity index is 1.34. The topological polar surface area (TPSA) is 115 Å². The zero-order valence-corrected chi connectivity index (χ0v) is 20.8. The fourth-order valence-electron chi connectivity index (χ4n) is 5.18. The average molecular weight is 494 g/mol. The number of methoxy groups -OCH3 is 1. The van der Waals surface area contributed by atoms with E-state index in [0.29, 0.717) is 43.9 Å². The van der Waals surface area contributed by atoms with E-state index in [0.717, 1.165) is 18.4 Å². The molecule has 2 fully saturated rings. The highest BCUT2D eigenvalue weighted by molar-refractivity contribution is 5.96. The zero-order valence-electron chi connectivity index (χ0n) is 20.8. The Bertz CT molecular complexity index is 1080. The minimum atomic E-state index is -0.733. The first kappa shape index (κ1) is 25.8. The molecule has 8 nitrogen and oxygen atoms in total. The molecule has 1 aliphatic carbocycles. The van der Waals surface area contributed by atoms with Crippen LogP contribution in [-0.4, -0.2) is 60.1 Å². The van der Waals surface area contributed by atoms with E-state index < -0.39 is 11.6 Å². The molecule has 0 radical (unpaired) electrons. The summed E-state index contributed by atoms with van der Waals surface area (Å²) < 4.78 is 11.8. The third-order valence-electron chi connectivity index (χ3n) is 7.44. The number of rotatable bonds is 9. The first-order valence-electron chi connectivity index (χ1n) is 12.7. The van der Waals surface area contributed by atoms with E-state index in [2.05, 4.69) is 11.4 Å². The molecule has 1 atom stereocenters. The van der Waals surface area contributed by atoms with Crippen molar-refractivity contribution in [2.24, 2.45) is 0 Å². The van der Waals surface area contributed by atoms with Gasteiger partial charge in [-0.05, 0) is 68.4 Å². The summed E-state index contributed by atoms with van der Waals surface area (Å²) in [6.45, 7) is 1.40. The lowest BCUT2D eigenvalue weighted by molar-refractivity contribution is -0.0209. The number of likely N-dealkylation sites (tertiary alicyclic amines) is 1. The lowest BCUT2D eigenvalue weighted by Gasteiger charge is -2.39. The number of para-hydroxylation sites is 1. The SMILES string of the molecule is COc1ccc(C2(C#N)CCN(C(O)CCNC(=O)c3ccccc3O)CC2)cc1OC1CCCC1. The number of benzene rings is 2. The van der Waals surface area contributed by atoms with Crippen molar-refractivity contribution < 1.29 is 24.5 Å². The third-order valence-corrected chi connectivity index (χ3v) is 7.44. The highest BCUT2D eigenvalue weighted by atomic mass is 16.5. The maximum atomic E-state index is 12.3. The summed E-state index contributed by atoms with van der Waals surface area (Å²) in [6.07, 6.45) is 5.39. The van der Waals surface area contributed by atoms with Crippen LogP contribution in [0.3, 0.4) is 0 Å². The van der Waals surface area contributed by atoms with Gasteiger partial charge in [0, 0.05) is 26.1 Å². The van der Waals surface area contributed by atoms with Gasteiger partial charge in [-0.25, -0.2) is 0 Å². The summed E-state index contributed by atoms with van der Waals surface area (Å²) in [7, 11) is 1.63. The Morgan fingerprint density at radius 1 is 1.19 bits per heavy atom. The molecule has 4 rings (SSSR count). The Hall–Kier alpha value is -3.28. The first-order valence-corrected chi connectivity index (χ1v) is 12.7. The van der Waals surface area contributed by atoms with Gasteiger partial charge < -0.3 is 25.0 Å². The molecule has 192 valence electrons. The van der Waals surface area contributed by atoms with Gasteiger partial charge in [0.05, 0.1) is 30.3 Å². The minimum Gasteiger partial charge on any atom is -0.507 e. The quantitative estimate of drug-likeness (QED) is 0.488. The Morgan fingerprint density at radius 3 is 2.58 bits per heavy atom. The number of amides is 1. The van der Waals surface area contributed by atoms with E-state index in [4.69, 9.17) is 9.47 Å². The number of phenolic OH excluding ortho intramolecular Hbond substituents is 1. The Labute approximate surface area is 212 Å². The van der Waals surface area contributed by atoms with Crippen LogP contribution in [-0.2, 0) is 5.41 Å². The summed E-state index contributed by atoms with van der Waals surface area (Å²) in [6, 6.07) is 14.7. The van der Waals surface area contributed by atoms with Crippen molar-refractivity contribution in [1.82, 2.24) is 10.2 Å². The molecule has 1 amide bonds. The minimum absolute atomic E-state index is 0.0743. The lowest BCUT2D eigenvalue weighted by atomic mass is 9.74. The number of ether oxygens (including phenoxy) is 2. The summed E-state index contributed by atoms with van der Waals surface area (Å²) in [4.78, 5) is 14.2. The zero-order chi connectivity index (χ0) is 25.5. The van der Waals surface area contributed by atoms with Crippen LogP contribution in [0, 0.1) is 11.3 Å². The summed E-state index contributed by atoms with van der Waals surface area (Å²) in [5, 5.41) is 33.4. The van der Waals surface area contributed by atoms with Gasteiger partial charge in [0.2, 0.25) is 0 Å². The number of nitrogens with one attached hydrogen (secondary N) is 1. The van der Waals surface area contributed by atoms with E-state index in [1.54, 1.807) is 25.3 Å². The second kappa shape index (κ2) is 11.6. The summed E-state index contributed by atoms with van der Waals surface area (Å²) in [5.41, 5.74) is 0.470. The number of nitrogens with zero attached hydrogens (tertiary/aromatic N) is 2. The Kier molecular flexibility index (Phi) is 8.34. The average Bonchev–Trinajstić information content (AvgIpc) is 3.42. The van der Waals surface area contributed by atoms with Crippen molar-refractivity contribution in [3.8, 4) is 23.3 Å². The van der Waals surface area contributed by atoms with Crippen molar-refractivity contribution in [2.75, 3.05) is 26.7 Å². The third kappa shape index (κ3) is 5.75. The van der Waals surface area contributed by atoms with Gasteiger partial charge in [-0.1, -0.05) is 18.2 Å². The number of carbonyl (C=O) groups is 1. The van der Waals surface area contributed by atoms with Crippen LogP contribution in [0.25, 0.3) is 0 Å². The number of piperidine rings is 1. The van der Waals surface area contributed by atoms with Crippen LogP contribution >= 0.6 is 0 Å². The normalized spacial score (nSPS) is 18.8. The number of aliphatic hydroxyl groups excluding tert-OH is 1. The number of nitriles is 1. The van der Waals surface area contributed by atoms with Crippen molar-refractivity contribution in [3.05, 3.63) is 53.6 Å². The summed E-state index contributed by atoms with van der Waals surface area (Å²) >= 11 is 0. The first-order chi connectivity index (χ1) is 17.5. The monoisotopic (exact) mass is 493 g/mol. The fraction of sp³-hybridized carbons (Fsp3) is 0.500. The van der Waals surface area contributed by atoms with E-state index in [-0.39, 0.29) is 29.9 Å². The molecule has 1 saturated heterocycles. The van der Waals surface area contributed by atoms with Crippen LogP contribution in [0.2, 0.25) is 0 Å². The largest absolute Gasteiger partial charge is 0.507 e. The Morgan fingerprint density at radius 2 is 1.92 bits per heavy atom. The number of phenols is 1. The summed E-state index contributed by atoms with van der Waals surface area (Å²) in [5.74, 6) is 0.920. The van der Waals surface area contributed by atoms with Crippen molar-refractivity contribution >= 4 is 5.91 Å². The molecule has 1 heterocycles. The lowest BCUT2D eigenvalue weighted by Crippen LogP contribution is -2.47. The van der Waals surface area contributed by atoms with Gasteiger partial charge in [-0.15, -0.1) is 0 Å². The van der Waals surface area contributed by atoms with E-state index in [9.17, 15) is 20.3 Å². The number of carbonyl (C=O) groups excluding carboxylic acids is 1. The van der Waals surface area contributed by atoms with Crippen LogP contribution in [0.1, 0.15) is 60.9 Å². The van der Waals surface area contributed by atoms with Crippen molar-refractivity contribution in [2.45, 2.75) is 62.7 Å². The molecule has 0 spiro atoms. The van der Waals surface area contributed by atoms with Gasteiger partial charge >= 0.3 is 0 Å². The predicted molar refractivity (Wildman–Crippen MR) is 135 cm³/mol. The maximum Gasteiger partial charge on any atom is 0.255 e. The molecule has 0 aromatic heterocycles. The van der Waals surface area contributed by atoms with E-state index >= 15 is 0 Å². The van der Waals surface area contributed by atoms with Crippen LogP contribution in [0.15, 0.2) is 42.5 Å². The molecular weight excluding hydrogens is 458 g/mol. The van der Waals surface area contributed by atoms with Crippen LogP contribution in [0.4, 0.5) is 0 Å². The highest BCUT2D eigenvalue weighted by Crippen LogP contribution is 2.40. The fourth-order valence-corrected chi connectivity index (χ4v) is 5.18. The van der Waals surface area contributed by atoms with Crippen molar-refractivity contribution in [3.63, 3.8) is 0 Å². The number of hydrogen-bond acceptors (Lipinski definition) is 7. The molecule has 2 aliphatic rings. The van der Waals surface area contributed by atoms with E-state index in [1.807, 2.05) is 23.1 Å². The van der Waals surface area contributed by atoms with Crippen LogP contribution < -0.4 is 14.8 Å². The molecule has 8 heteroatoms. The second-order valence-electron chi connectivity index (χ2n) is 9.66. The molecule has 2 aromatic rings. The predicted octanol–water partition coefficient (Wildman–Crippen LogP) is 3.72. The maximum absolute atomic E-state index is 12.3. The molecule has 0 bridgehead atoms. The molecule has 1 unspecified atom stereocenters. The standard InChI is InChI=1S/C28H35N3O5/c1-35-24-11-10-20(18-25(24)36-21-6-2-3-7-21)28(19-29)13-16-31(17-14-28)26(33)12-15-30-27(34)22-8-4-5-9-23(22)32/h4-5,8-11,18,21,26,32-33H,2-3,6-7,12-17H2,1H3,(H,30,34). The number of hydrogen-bond donors (Lipinski definition) is 3. The highest BCUT2D eigenvalue weighted by Gasteiger charge is 2.38. The van der Waals surface area contributed by atoms with Crippen LogP contribution in [0.5, 0.6) is 17.2 Å². The van der Waals surface area contributed by atoms with Crippen molar-refractivity contribution in [1.29, 1.82) is 5.26 Å². The molecule has 36 heavy (non-hydrogen) atoms. The number of aliphatic hydroxyl groups is 1. The second-order valence-corrected chi connectivity index (χ2v) is 9.66.